The Morgan fingerprint density at radius 2 is 1.69 bits per heavy atom. The van der Waals surface area contributed by atoms with E-state index >= 15 is 0 Å². The van der Waals surface area contributed by atoms with Gasteiger partial charge in [-0.05, 0) is 48.2 Å². The summed E-state index contributed by atoms with van der Waals surface area (Å²) in [6.45, 7) is 8.12. The minimum atomic E-state index is -1.15. The van der Waals surface area contributed by atoms with Crippen LogP contribution in [0.5, 0.6) is 0 Å². The molecule has 3 N–H and O–H groups in total. The Bertz CT molecular complexity index is 1140. The molecule has 7 nitrogen and oxygen atoms in total. The molecule has 1 aliphatic heterocycles. The summed E-state index contributed by atoms with van der Waals surface area (Å²) < 4.78 is 0.453. The van der Waals surface area contributed by atoms with Gasteiger partial charge in [0.25, 0.3) is 5.91 Å². The van der Waals surface area contributed by atoms with Crippen LogP contribution in [-0.2, 0) is 10.4 Å². The largest absolute Gasteiger partial charge is 0.478 e. The topological polar surface area (TPSA) is 107 Å². The third-order valence-electron chi connectivity index (χ3n) is 6.71. The van der Waals surface area contributed by atoms with Gasteiger partial charge in [0.1, 0.15) is 6.04 Å². The lowest BCUT2D eigenvalue weighted by Gasteiger charge is -2.51. The number of nitrogens with one attached hydrogen (secondary N) is 1. The second-order valence-electron chi connectivity index (χ2n) is 9.99. The van der Waals surface area contributed by atoms with Gasteiger partial charge < -0.3 is 20.4 Å². The Labute approximate surface area is 218 Å². The molecular weight excluding hydrogens is 536 g/mol. The highest BCUT2D eigenvalue weighted by Gasteiger charge is 2.50. The predicted octanol–water partition coefficient (Wildman–Crippen LogP) is 4.70. The molecule has 2 atom stereocenters. The molecule has 3 rings (SSSR count). The van der Waals surface area contributed by atoms with E-state index in [2.05, 4.69) is 21.2 Å². The summed E-state index contributed by atoms with van der Waals surface area (Å²) in [7, 11) is 0. The van der Waals surface area contributed by atoms with E-state index in [1.165, 1.54) is 18.2 Å². The number of rotatable bonds is 6. The van der Waals surface area contributed by atoms with E-state index in [0.717, 1.165) is 5.56 Å². The Morgan fingerprint density at radius 1 is 1.09 bits per heavy atom. The van der Waals surface area contributed by atoms with Crippen molar-refractivity contribution in [2.24, 2.45) is 11.3 Å². The number of likely N-dealkylation sites (tertiary alicyclic amines) is 1. The summed E-state index contributed by atoms with van der Waals surface area (Å²) >= 11 is 9.25. The van der Waals surface area contributed by atoms with Crippen molar-refractivity contribution in [1.29, 1.82) is 0 Å². The number of hydrogen-bond donors (Lipinski definition) is 3. The monoisotopic (exact) mass is 564 g/mol. The molecule has 0 radical (unpaired) electrons. The van der Waals surface area contributed by atoms with Crippen molar-refractivity contribution >= 4 is 45.3 Å². The second-order valence-corrected chi connectivity index (χ2v) is 11.3. The second kappa shape index (κ2) is 10.3. The molecule has 188 valence electrons. The highest BCUT2D eigenvalue weighted by atomic mass is 79.9. The van der Waals surface area contributed by atoms with E-state index in [4.69, 9.17) is 11.6 Å². The van der Waals surface area contributed by atoms with E-state index in [1.54, 1.807) is 17.0 Å². The van der Waals surface area contributed by atoms with Crippen LogP contribution in [0.25, 0.3) is 0 Å². The van der Waals surface area contributed by atoms with Crippen LogP contribution in [0.15, 0.2) is 46.9 Å². The fourth-order valence-electron chi connectivity index (χ4n) is 4.55. The Kier molecular flexibility index (Phi) is 7.99. The van der Waals surface area contributed by atoms with Crippen molar-refractivity contribution in [1.82, 2.24) is 10.2 Å². The standard InChI is InChI=1S/C26H30BrClN2O5/c1-15(2)21(29-22(31)16-11-17(24(33)34)13-19(27)12-16)23(32)30-10-9-26(35,25(3,4)14-30)18-5-7-20(28)8-6-18/h5-8,11-13,15,21,35H,9-10,14H2,1-4H3,(H,29,31)(H,33,34)/t21-,26+/m1/s1. The molecule has 1 heterocycles. The Balaban J connectivity index is 1.80. The quantitative estimate of drug-likeness (QED) is 0.471. The number of nitrogens with zero attached hydrogens (tertiary/aromatic N) is 1. The maximum atomic E-state index is 13.5. The van der Waals surface area contributed by atoms with Crippen LogP contribution in [0.1, 0.15) is 60.4 Å². The molecule has 2 aromatic carbocycles. The average molecular weight is 566 g/mol. The summed E-state index contributed by atoms with van der Waals surface area (Å²) in [4.78, 5) is 39.6. The molecule has 35 heavy (non-hydrogen) atoms. The molecule has 0 aromatic heterocycles. The zero-order chi connectivity index (χ0) is 26.1. The first-order chi connectivity index (χ1) is 16.2. The number of hydrogen-bond acceptors (Lipinski definition) is 4. The number of carboxylic acid groups (broad SMARTS) is 1. The molecule has 0 saturated carbocycles. The first-order valence-electron chi connectivity index (χ1n) is 11.4. The van der Waals surface area contributed by atoms with Crippen LogP contribution in [0.4, 0.5) is 0 Å². The highest BCUT2D eigenvalue weighted by Crippen LogP contribution is 2.46. The average Bonchev–Trinajstić information content (AvgIpc) is 2.78. The molecule has 2 aromatic rings. The minimum Gasteiger partial charge on any atom is -0.478 e. The van der Waals surface area contributed by atoms with Crippen molar-refractivity contribution in [3.8, 4) is 0 Å². The Morgan fingerprint density at radius 3 is 2.23 bits per heavy atom. The fourth-order valence-corrected chi connectivity index (χ4v) is 5.17. The van der Waals surface area contributed by atoms with E-state index in [1.807, 2.05) is 39.8 Å². The summed E-state index contributed by atoms with van der Waals surface area (Å²) in [6.07, 6.45) is 0.333. The summed E-state index contributed by atoms with van der Waals surface area (Å²) in [5.41, 5.74) is -0.950. The number of aliphatic hydroxyl groups is 1. The zero-order valence-electron chi connectivity index (χ0n) is 20.1. The normalized spacial score (nSPS) is 20.4. The first kappa shape index (κ1) is 27.2. The molecule has 0 bridgehead atoms. The van der Waals surface area contributed by atoms with Gasteiger partial charge in [-0.3, -0.25) is 9.59 Å². The van der Waals surface area contributed by atoms with Gasteiger partial charge in [-0.25, -0.2) is 4.79 Å². The maximum Gasteiger partial charge on any atom is 0.335 e. The van der Waals surface area contributed by atoms with Crippen molar-refractivity contribution in [2.75, 3.05) is 13.1 Å². The fraction of sp³-hybridized carbons (Fsp3) is 0.423. The lowest BCUT2D eigenvalue weighted by molar-refractivity contribution is -0.155. The third-order valence-corrected chi connectivity index (χ3v) is 7.42. The number of carboxylic acids is 1. The van der Waals surface area contributed by atoms with Gasteiger partial charge >= 0.3 is 5.97 Å². The molecule has 0 unspecified atom stereocenters. The van der Waals surface area contributed by atoms with Crippen molar-refractivity contribution in [2.45, 2.75) is 45.8 Å². The van der Waals surface area contributed by atoms with Gasteiger partial charge in [0.15, 0.2) is 0 Å². The smallest absolute Gasteiger partial charge is 0.335 e. The van der Waals surface area contributed by atoms with E-state index in [9.17, 15) is 24.6 Å². The van der Waals surface area contributed by atoms with Crippen molar-refractivity contribution in [3.63, 3.8) is 0 Å². The zero-order valence-corrected chi connectivity index (χ0v) is 22.5. The number of halogens is 2. The van der Waals surface area contributed by atoms with Gasteiger partial charge in [0.05, 0.1) is 11.2 Å². The summed E-state index contributed by atoms with van der Waals surface area (Å²) in [5.74, 6) is -2.14. The summed E-state index contributed by atoms with van der Waals surface area (Å²) in [6, 6.07) is 10.5. The van der Waals surface area contributed by atoms with Gasteiger partial charge in [0, 0.05) is 33.6 Å². The number of carbonyl (C=O) groups is 3. The summed E-state index contributed by atoms with van der Waals surface area (Å²) in [5, 5.41) is 24.3. The molecule has 1 aliphatic rings. The lowest BCUT2D eigenvalue weighted by Crippen LogP contribution is -2.60. The van der Waals surface area contributed by atoms with E-state index in [-0.39, 0.29) is 23.0 Å². The van der Waals surface area contributed by atoms with Crippen molar-refractivity contribution < 1.29 is 24.6 Å². The number of benzene rings is 2. The number of piperidine rings is 1. The van der Waals surface area contributed by atoms with E-state index < -0.39 is 28.9 Å². The number of aromatic carboxylic acids is 1. The molecule has 0 aliphatic carbocycles. The molecule has 9 heteroatoms. The third kappa shape index (κ3) is 5.71. The number of amides is 2. The van der Waals surface area contributed by atoms with Crippen LogP contribution in [-0.4, -0.2) is 52.0 Å². The van der Waals surface area contributed by atoms with Crippen LogP contribution in [0, 0.1) is 11.3 Å². The first-order valence-corrected chi connectivity index (χ1v) is 12.5. The molecule has 1 saturated heterocycles. The van der Waals surface area contributed by atoms with E-state index in [0.29, 0.717) is 29.0 Å². The molecular formula is C26H30BrClN2O5. The van der Waals surface area contributed by atoms with Crippen LogP contribution < -0.4 is 5.32 Å². The van der Waals surface area contributed by atoms with Crippen LogP contribution in [0.2, 0.25) is 5.02 Å². The molecule has 2 amide bonds. The SMILES string of the molecule is CC(C)[C@@H](NC(=O)c1cc(Br)cc(C(=O)O)c1)C(=O)N1CC[C@](O)(c2ccc(Cl)cc2)C(C)(C)C1. The van der Waals surface area contributed by atoms with Gasteiger partial charge in [-0.2, -0.15) is 0 Å². The minimum absolute atomic E-state index is 0.0313. The Hall–Kier alpha value is -2.42. The molecule has 0 spiro atoms. The van der Waals surface area contributed by atoms with Gasteiger partial charge in [-0.15, -0.1) is 0 Å². The maximum absolute atomic E-state index is 13.5. The van der Waals surface area contributed by atoms with Crippen molar-refractivity contribution in [3.05, 3.63) is 68.7 Å². The lowest BCUT2D eigenvalue weighted by atomic mass is 9.66. The van der Waals surface area contributed by atoms with Gasteiger partial charge in [-0.1, -0.05) is 67.4 Å². The van der Waals surface area contributed by atoms with Gasteiger partial charge in [0.2, 0.25) is 5.91 Å². The van der Waals surface area contributed by atoms with Crippen LogP contribution >= 0.6 is 27.5 Å². The molecule has 1 fully saturated rings. The number of carbonyl (C=O) groups excluding carboxylic acids is 2. The highest BCUT2D eigenvalue weighted by molar-refractivity contribution is 9.10. The predicted molar refractivity (Wildman–Crippen MR) is 138 cm³/mol. The van der Waals surface area contributed by atoms with Crippen LogP contribution in [0.3, 0.4) is 0 Å².